The van der Waals surface area contributed by atoms with Crippen LogP contribution in [0.3, 0.4) is 0 Å². The Balaban J connectivity index is 1.22. The molecule has 2 saturated heterocycles. The van der Waals surface area contributed by atoms with Gasteiger partial charge in [0, 0.05) is 74.3 Å². The van der Waals surface area contributed by atoms with Gasteiger partial charge in [-0.15, -0.1) is 0 Å². The Hall–Kier alpha value is -3.66. The second kappa shape index (κ2) is 11.8. The maximum atomic E-state index is 13.2. The van der Waals surface area contributed by atoms with Gasteiger partial charge in [0.15, 0.2) is 0 Å². The van der Waals surface area contributed by atoms with Gasteiger partial charge in [0.2, 0.25) is 0 Å². The maximum Gasteiger partial charge on any atom is 0.270 e. The predicted molar refractivity (Wildman–Crippen MR) is 149 cm³/mol. The third-order valence-corrected chi connectivity index (χ3v) is 7.37. The molecule has 2 fully saturated rings. The number of anilines is 3. The average Bonchev–Trinajstić information content (AvgIpc) is 2.95. The number of hydrogen-bond acceptors (Lipinski definition) is 7. The van der Waals surface area contributed by atoms with Crippen molar-refractivity contribution in [3.05, 3.63) is 93.0 Å². The number of carbonyl (C=O) groups excluding carboxylic acids is 1. The zero-order valence-corrected chi connectivity index (χ0v) is 21.8. The molecule has 0 atom stereocenters. The number of hydrogen-bond donors (Lipinski definition) is 1. The number of nitro benzene ring substituents is 1. The topological polar surface area (TPSA) is 91.2 Å². The van der Waals surface area contributed by atoms with Crippen molar-refractivity contribution in [1.29, 1.82) is 0 Å². The van der Waals surface area contributed by atoms with Crippen LogP contribution in [0.15, 0.2) is 66.7 Å². The Kier molecular flexibility index (Phi) is 8.07. The first-order valence-corrected chi connectivity index (χ1v) is 13.1. The van der Waals surface area contributed by atoms with Crippen molar-refractivity contribution in [3.8, 4) is 0 Å². The van der Waals surface area contributed by atoms with Crippen LogP contribution in [-0.2, 0) is 11.3 Å². The van der Waals surface area contributed by atoms with Crippen LogP contribution in [0.25, 0.3) is 0 Å². The van der Waals surface area contributed by atoms with Crippen molar-refractivity contribution in [1.82, 2.24) is 4.90 Å². The summed E-state index contributed by atoms with van der Waals surface area (Å²) >= 11 is 6.32. The van der Waals surface area contributed by atoms with Gasteiger partial charge in [-0.3, -0.25) is 19.8 Å². The van der Waals surface area contributed by atoms with Gasteiger partial charge in [-0.2, -0.15) is 0 Å². The standard InChI is InChI=1S/C28H30ClN5O4/c29-26-4-2-1-3-21(26)20-31-11-13-32(14-12-31)23-7-5-22(6-8-23)30-28(35)25-19-24(34(36)37)9-10-27(25)33-15-17-38-18-16-33/h1-10,19H,11-18,20H2,(H,30,35). The van der Waals surface area contributed by atoms with Gasteiger partial charge in [-0.05, 0) is 42.0 Å². The van der Waals surface area contributed by atoms with Crippen molar-refractivity contribution in [2.75, 3.05) is 67.6 Å². The minimum Gasteiger partial charge on any atom is -0.378 e. The van der Waals surface area contributed by atoms with Gasteiger partial charge >= 0.3 is 0 Å². The van der Waals surface area contributed by atoms with Crippen LogP contribution in [0, 0.1) is 10.1 Å². The van der Waals surface area contributed by atoms with Crippen LogP contribution in [0.1, 0.15) is 15.9 Å². The van der Waals surface area contributed by atoms with E-state index in [1.165, 1.54) is 12.1 Å². The number of amides is 1. The first-order chi connectivity index (χ1) is 18.5. The van der Waals surface area contributed by atoms with Crippen molar-refractivity contribution in [3.63, 3.8) is 0 Å². The van der Waals surface area contributed by atoms with Crippen LogP contribution < -0.4 is 15.1 Å². The lowest BCUT2D eigenvalue weighted by Crippen LogP contribution is -2.46. The molecule has 3 aromatic rings. The molecule has 0 bridgehead atoms. The molecule has 0 aromatic heterocycles. The highest BCUT2D eigenvalue weighted by Gasteiger charge is 2.23. The number of rotatable bonds is 7. The SMILES string of the molecule is O=C(Nc1ccc(N2CCN(Cc3ccccc3Cl)CC2)cc1)c1cc([N+](=O)[O-])ccc1N1CCOCC1. The molecule has 3 aromatic carbocycles. The average molecular weight is 536 g/mol. The summed E-state index contributed by atoms with van der Waals surface area (Å²) in [6.45, 7) is 6.84. The Morgan fingerprint density at radius 1 is 0.921 bits per heavy atom. The van der Waals surface area contributed by atoms with Crippen molar-refractivity contribution < 1.29 is 14.5 Å². The normalized spacial score (nSPS) is 16.3. The Morgan fingerprint density at radius 3 is 2.32 bits per heavy atom. The number of nitro groups is 1. The molecule has 5 rings (SSSR count). The summed E-state index contributed by atoms with van der Waals surface area (Å²) in [5, 5.41) is 15.1. The molecule has 10 heteroatoms. The minimum atomic E-state index is -0.483. The Morgan fingerprint density at radius 2 is 1.63 bits per heavy atom. The highest BCUT2D eigenvalue weighted by Crippen LogP contribution is 2.28. The van der Waals surface area contributed by atoms with Gasteiger partial charge in [-0.25, -0.2) is 0 Å². The van der Waals surface area contributed by atoms with E-state index in [4.69, 9.17) is 16.3 Å². The molecule has 2 aliphatic heterocycles. The summed E-state index contributed by atoms with van der Waals surface area (Å²) < 4.78 is 5.42. The van der Waals surface area contributed by atoms with Crippen molar-refractivity contribution in [2.24, 2.45) is 0 Å². The van der Waals surface area contributed by atoms with E-state index >= 15 is 0 Å². The fourth-order valence-corrected chi connectivity index (χ4v) is 5.08. The number of nitrogens with one attached hydrogen (secondary N) is 1. The van der Waals surface area contributed by atoms with E-state index in [0.29, 0.717) is 37.7 Å². The molecule has 0 radical (unpaired) electrons. The fraction of sp³-hybridized carbons (Fsp3) is 0.321. The summed E-state index contributed by atoms with van der Waals surface area (Å²) in [7, 11) is 0. The quantitative estimate of drug-likeness (QED) is 0.347. The van der Waals surface area contributed by atoms with Crippen molar-refractivity contribution in [2.45, 2.75) is 6.54 Å². The molecular formula is C28H30ClN5O4. The van der Waals surface area contributed by atoms with Crippen molar-refractivity contribution >= 4 is 40.3 Å². The van der Waals surface area contributed by atoms with E-state index in [0.717, 1.165) is 49.0 Å². The lowest BCUT2D eigenvalue weighted by Gasteiger charge is -2.36. The molecule has 9 nitrogen and oxygen atoms in total. The van der Waals surface area contributed by atoms with E-state index in [1.807, 2.05) is 47.4 Å². The highest BCUT2D eigenvalue weighted by atomic mass is 35.5. The number of non-ortho nitro benzene ring substituents is 1. The molecule has 198 valence electrons. The predicted octanol–water partition coefficient (Wildman–Crippen LogP) is 4.66. The van der Waals surface area contributed by atoms with E-state index in [-0.39, 0.29) is 17.2 Å². The van der Waals surface area contributed by atoms with E-state index in [1.54, 1.807) is 6.07 Å². The molecular weight excluding hydrogens is 506 g/mol. The lowest BCUT2D eigenvalue weighted by atomic mass is 10.1. The number of piperazine rings is 1. The zero-order valence-electron chi connectivity index (χ0n) is 21.0. The van der Waals surface area contributed by atoms with Crippen LogP contribution in [0.5, 0.6) is 0 Å². The van der Waals surface area contributed by atoms with Crippen LogP contribution in [0.2, 0.25) is 5.02 Å². The minimum absolute atomic E-state index is 0.115. The molecule has 2 heterocycles. The summed E-state index contributed by atoms with van der Waals surface area (Å²) in [4.78, 5) is 30.9. The summed E-state index contributed by atoms with van der Waals surface area (Å²) in [5.74, 6) is -0.379. The second-order valence-electron chi connectivity index (χ2n) is 9.41. The molecule has 0 saturated carbocycles. The van der Waals surface area contributed by atoms with Gasteiger partial charge in [0.1, 0.15) is 0 Å². The monoisotopic (exact) mass is 535 g/mol. The lowest BCUT2D eigenvalue weighted by molar-refractivity contribution is -0.384. The van der Waals surface area contributed by atoms with E-state index in [2.05, 4.69) is 21.2 Å². The molecule has 1 amide bonds. The number of morpholine rings is 1. The molecule has 1 N–H and O–H groups in total. The van der Waals surface area contributed by atoms with Gasteiger partial charge in [0.05, 0.1) is 29.4 Å². The van der Waals surface area contributed by atoms with E-state index < -0.39 is 4.92 Å². The zero-order chi connectivity index (χ0) is 26.5. The number of carbonyl (C=O) groups is 1. The fourth-order valence-electron chi connectivity index (χ4n) is 4.89. The number of ether oxygens (including phenoxy) is 1. The smallest absolute Gasteiger partial charge is 0.270 e. The summed E-state index contributed by atoms with van der Waals surface area (Å²) in [6, 6.07) is 20.1. The van der Waals surface area contributed by atoms with Crippen LogP contribution in [-0.4, -0.2) is 68.2 Å². The summed E-state index contributed by atoms with van der Waals surface area (Å²) in [6.07, 6.45) is 0. The molecule has 2 aliphatic rings. The number of halogens is 1. The second-order valence-corrected chi connectivity index (χ2v) is 9.82. The highest BCUT2D eigenvalue weighted by molar-refractivity contribution is 6.31. The summed E-state index contributed by atoms with van der Waals surface area (Å²) in [5.41, 5.74) is 3.70. The third kappa shape index (κ3) is 6.07. The van der Waals surface area contributed by atoms with Gasteiger partial charge < -0.3 is 19.9 Å². The molecule has 38 heavy (non-hydrogen) atoms. The number of benzene rings is 3. The van der Waals surface area contributed by atoms with E-state index in [9.17, 15) is 14.9 Å². The first-order valence-electron chi connectivity index (χ1n) is 12.7. The maximum absolute atomic E-state index is 13.2. The molecule has 0 spiro atoms. The largest absolute Gasteiger partial charge is 0.378 e. The van der Waals surface area contributed by atoms with Crippen LogP contribution >= 0.6 is 11.6 Å². The third-order valence-electron chi connectivity index (χ3n) is 7.00. The molecule has 0 unspecified atom stereocenters. The number of nitrogens with zero attached hydrogens (tertiary/aromatic N) is 4. The van der Waals surface area contributed by atoms with Gasteiger partial charge in [-0.1, -0.05) is 29.8 Å². The Bertz CT molecular complexity index is 1290. The van der Waals surface area contributed by atoms with Gasteiger partial charge in [0.25, 0.3) is 11.6 Å². The van der Waals surface area contributed by atoms with Crippen LogP contribution in [0.4, 0.5) is 22.7 Å². The first kappa shape index (κ1) is 26.0. The molecule has 0 aliphatic carbocycles. The Labute approximate surface area is 226 Å².